The van der Waals surface area contributed by atoms with Gasteiger partial charge in [-0.25, -0.2) is 4.39 Å². The van der Waals surface area contributed by atoms with Gasteiger partial charge in [0.1, 0.15) is 11.5 Å². The fourth-order valence-corrected chi connectivity index (χ4v) is 4.87. The molecule has 176 valence electrons. The van der Waals surface area contributed by atoms with Gasteiger partial charge in [-0.3, -0.25) is 19.0 Å². The normalized spacial score (nSPS) is 18.6. The number of carbonyl (C=O) groups excluding carboxylic acids is 2. The van der Waals surface area contributed by atoms with Crippen molar-refractivity contribution in [2.75, 3.05) is 26.2 Å². The number of halogens is 2. The Hall–Kier alpha value is -2.91. The smallest absolute Gasteiger partial charge is 0.294 e. The molecule has 10 heteroatoms. The molecule has 2 aliphatic rings. The number of hydrogen-bond donors (Lipinski definition) is 2. The minimum Gasteiger partial charge on any atom is -0.502 e. The van der Waals surface area contributed by atoms with Crippen molar-refractivity contribution in [3.05, 3.63) is 61.8 Å². The SMILES string of the molecule is CC1CCCN(CCO)C(=O)c2c3c(c(O)c(=O)n21)C(=O)N(Cc1ccc(F)c(Cl)c1)CC3. The number of β-amino-alcohol motifs (C(OH)–C–C–N with tert-alkyl or cyclic N) is 1. The number of aromatic nitrogens is 1. The van der Waals surface area contributed by atoms with Gasteiger partial charge in [0.05, 0.1) is 17.2 Å². The minimum absolute atomic E-state index is 0.0663. The molecule has 2 N–H and O–H groups in total. The molecule has 2 aromatic rings. The highest BCUT2D eigenvalue weighted by Gasteiger charge is 2.37. The number of aliphatic hydroxyl groups excluding tert-OH is 1. The Labute approximate surface area is 194 Å². The summed E-state index contributed by atoms with van der Waals surface area (Å²) in [5.74, 6) is -2.25. The molecule has 0 radical (unpaired) electrons. The number of carbonyl (C=O) groups is 2. The topological polar surface area (TPSA) is 103 Å². The number of hydrogen-bond acceptors (Lipinski definition) is 5. The first-order valence-electron chi connectivity index (χ1n) is 10.9. The third-order valence-corrected chi connectivity index (χ3v) is 6.62. The molecule has 1 unspecified atom stereocenters. The van der Waals surface area contributed by atoms with Crippen molar-refractivity contribution in [2.24, 2.45) is 0 Å². The molecule has 0 bridgehead atoms. The third-order valence-electron chi connectivity index (χ3n) is 6.33. The van der Waals surface area contributed by atoms with Crippen LogP contribution in [0.5, 0.6) is 5.75 Å². The maximum atomic E-state index is 13.5. The maximum absolute atomic E-state index is 13.5. The number of aliphatic hydroxyl groups is 1. The second-order valence-corrected chi connectivity index (χ2v) is 8.87. The molecule has 1 aromatic carbocycles. The maximum Gasteiger partial charge on any atom is 0.294 e. The summed E-state index contributed by atoms with van der Waals surface area (Å²) >= 11 is 5.85. The van der Waals surface area contributed by atoms with E-state index < -0.39 is 28.9 Å². The fourth-order valence-electron chi connectivity index (χ4n) is 4.66. The predicted octanol–water partition coefficient (Wildman–Crippen LogP) is 2.33. The zero-order chi connectivity index (χ0) is 23.9. The Bertz CT molecular complexity index is 1180. The first-order valence-corrected chi connectivity index (χ1v) is 11.3. The highest BCUT2D eigenvalue weighted by molar-refractivity contribution is 6.30. The molecule has 0 saturated heterocycles. The minimum atomic E-state index is -0.782. The molecule has 33 heavy (non-hydrogen) atoms. The first-order chi connectivity index (χ1) is 15.7. The van der Waals surface area contributed by atoms with Crippen LogP contribution in [0.4, 0.5) is 4.39 Å². The van der Waals surface area contributed by atoms with Gasteiger partial charge in [0.15, 0.2) is 5.75 Å². The number of benzene rings is 1. The average Bonchev–Trinajstić information content (AvgIpc) is 2.78. The molecular formula is C23H25ClFN3O5. The molecule has 1 atom stereocenters. The van der Waals surface area contributed by atoms with E-state index in [9.17, 15) is 29.0 Å². The number of amides is 2. The van der Waals surface area contributed by atoms with Crippen LogP contribution in [0.25, 0.3) is 0 Å². The number of pyridine rings is 1. The summed E-state index contributed by atoms with van der Waals surface area (Å²) in [6.07, 6.45) is 1.50. The Morgan fingerprint density at radius 2 is 1.91 bits per heavy atom. The van der Waals surface area contributed by atoms with E-state index in [2.05, 4.69) is 0 Å². The van der Waals surface area contributed by atoms with Crippen LogP contribution in [-0.4, -0.2) is 62.6 Å². The number of nitrogens with zero attached hydrogens (tertiary/aromatic N) is 3. The lowest BCUT2D eigenvalue weighted by Gasteiger charge is -2.35. The summed E-state index contributed by atoms with van der Waals surface area (Å²) in [6.45, 7) is 2.48. The lowest BCUT2D eigenvalue weighted by Crippen LogP contribution is -2.45. The second-order valence-electron chi connectivity index (χ2n) is 8.46. The van der Waals surface area contributed by atoms with Crippen molar-refractivity contribution >= 4 is 23.4 Å². The van der Waals surface area contributed by atoms with Crippen LogP contribution >= 0.6 is 11.6 Å². The van der Waals surface area contributed by atoms with E-state index >= 15 is 0 Å². The average molecular weight is 478 g/mol. The van der Waals surface area contributed by atoms with E-state index in [-0.39, 0.29) is 55.0 Å². The largest absolute Gasteiger partial charge is 0.502 e. The summed E-state index contributed by atoms with van der Waals surface area (Å²) in [5, 5.41) is 20.1. The van der Waals surface area contributed by atoms with Crippen LogP contribution < -0.4 is 5.56 Å². The van der Waals surface area contributed by atoms with E-state index in [0.717, 1.165) is 0 Å². The van der Waals surface area contributed by atoms with Crippen molar-refractivity contribution < 1.29 is 24.2 Å². The monoisotopic (exact) mass is 477 g/mol. The first kappa shape index (κ1) is 23.3. The fraction of sp³-hybridized carbons (Fsp3) is 0.435. The Balaban J connectivity index is 1.80. The zero-order valence-corrected chi connectivity index (χ0v) is 18.9. The lowest BCUT2D eigenvalue weighted by atomic mass is 9.93. The van der Waals surface area contributed by atoms with Gasteiger partial charge in [0.25, 0.3) is 17.4 Å². The van der Waals surface area contributed by atoms with Gasteiger partial charge in [-0.2, -0.15) is 0 Å². The van der Waals surface area contributed by atoms with E-state index in [1.165, 1.54) is 32.6 Å². The molecule has 3 heterocycles. The molecule has 4 rings (SSSR count). The third kappa shape index (κ3) is 4.11. The highest BCUT2D eigenvalue weighted by Crippen LogP contribution is 2.32. The summed E-state index contributed by atoms with van der Waals surface area (Å²) in [5.41, 5.74) is 0.0872. The van der Waals surface area contributed by atoms with Crippen LogP contribution in [0.15, 0.2) is 23.0 Å². The molecule has 0 fully saturated rings. The van der Waals surface area contributed by atoms with Gasteiger partial charge in [0, 0.05) is 37.8 Å². The van der Waals surface area contributed by atoms with E-state index in [1.807, 2.05) is 0 Å². The molecule has 0 spiro atoms. The number of aromatic hydroxyl groups is 1. The van der Waals surface area contributed by atoms with Crippen molar-refractivity contribution in [3.63, 3.8) is 0 Å². The predicted molar refractivity (Wildman–Crippen MR) is 119 cm³/mol. The van der Waals surface area contributed by atoms with Crippen LogP contribution in [0.1, 0.15) is 57.8 Å². The van der Waals surface area contributed by atoms with Gasteiger partial charge in [-0.15, -0.1) is 0 Å². The highest BCUT2D eigenvalue weighted by atomic mass is 35.5. The number of rotatable bonds is 4. The van der Waals surface area contributed by atoms with Gasteiger partial charge in [0.2, 0.25) is 0 Å². The molecule has 2 aliphatic heterocycles. The summed E-state index contributed by atoms with van der Waals surface area (Å²) < 4.78 is 14.8. The van der Waals surface area contributed by atoms with Crippen molar-refractivity contribution in [1.29, 1.82) is 0 Å². The molecular weight excluding hydrogens is 453 g/mol. The van der Waals surface area contributed by atoms with Crippen LogP contribution in [0, 0.1) is 5.82 Å². The summed E-state index contributed by atoms with van der Waals surface area (Å²) in [7, 11) is 0. The van der Waals surface area contributed by atoms with Crippen molar-refractivity contribution in [1.82, 2.24) is 14.4 Å². The van der Waals surface area contributed by atoms with E-state index in [4.69, 9.17) is 11.6 Å². The van der Waals surface area contributed by atoms with Crippen LogP contribution in [0.2, 0.25) is 5.02 Å². The van der Waals surface area contributed by atoms with Gasteiger partial charge >= 0.3 is 0 Å². The van der Waals surface area contributed by atoms with Crippen LogP contribution in [-0.2, 0) is 13.0 Å². The lowest BCUT2D eigenvalue weighted by molar-refractivity contribution is 0.0677. The standard InChI is InChI=1S/C23H25ClFN3O5/c1-13-3-2-7-26(9-10-29)22(32)19-15-6-8-27(12-14-4-5-17(25)16(24)11-14)21(31)18(15)20(30)23(33)28(13)19/h4-5,11,13,29-30H,2-3,6-10,12H2,1H3. The van der Waals surface area contributed by atoms with E-state index in [0.29, 0.717) is 30.5 Å². The quantitative estimate of drug-likeness (QED) is 0.703. The molecule has 8 nitrogen and oxygen atoms in total. The molecule has 0 saturated carbocycles. The summed E-state index contributed by atoms with van der Waals surface area (Å²) in [6, 6.07) is 3.81. The Kier molecular flexibility index (Phi) is 6.45. The summed E-state index contributed by atoms with van der Waals surface area (Å²) in [4.78, 5) is 42.8. The zero-order valence-electron chi connectivity index (χ0n) is 18.2. The van der Waals surface area contributed by atoms with Gasteiger partial charge < -0.3 is 20.0 Å². The molecule has 2 amide bonds. The van der Waals surface area contributed by atoms with Gasteiger partial charge in [-0.05, 0) is 43.9 Å². The molecule has 1 aromatic heterocycles. The Morgan fingerprint density at radius 3 is 2.61 bits per heavy atom. The number of fused-ring (bicyclic) bond motifs is 3. The van der Waals surface area contributed by atoms with Crippen LogP contribution in [0.3, 0.4) is 0 Å². The Morgan fingerprint density at radius 1 is 1.15 bits per heavy atom. The van der Waals surface area contributed by atoms with Crippen molar-refractivity contribution in [3.8, 4) is 5.75 Å². The molecule has 0 aliphatic carbocycles. The van der Waals surface area contributed by atoms with Crippen molar-refractivity contribution in [2.45, 2.75) is 38.8 Å². The van der Waals surface area contributed by atoms with Gasteiger partial charge in [-0.1, -0.05) is 17.7 Å². The van der Waals surface area contributed by atoms with E-state index in [1.54, 1.807) is 6.92 Å². The second kappa shape index (κ2) is 9.15.